The Morgan fingerprint density at radius 1 is 0.885 bits per heavy atom. The topological polar surface area (TPSA) is 37.3 Å². The molecule has 2 heteroatoms. The monoisotopic (exact) mass is 362 g/mol. The molecule has 0 aliphatic heterocycles. The molecule has 0 amide bonds. The summed E-state index contributed by atoms with van der Waals surface area (Å²) in [6.45, 7) is 14.8. The number of fused-ring (bicyclic) bond motifs is 5. The van der Waals surface area contributed by atoms with Gasteiger partial charge in [-0.1, -0.05) is 47.1 Å². The van der Waals surface area contributed by atoms with E-state index in [0.29, 0.717) is 11.7 Å². The standard InChI is InChI=1S/C20H30O2.2C2H6/c1-18-9-6-14(21)12-13(18)4-5-15-16(18)7-10-19(2)17(15)8-11-20(19,3)22;2*1-2/h12,15-17,22H,4-11H2,1-3H3;2*1-2H3. The predicted octanol–water partition coefficient (Wildman–Crippen LogP) is 6.32. The smallest absolute Gasteiger partial charge is 0.155 e. The van der Waals surface area contributed by atoms with E-state index < -0.39 is 5.60 Å². The van der Waals surface area contributed by atoms with Crippen LogP contribution in [0.25, 0.3) is 0 Å². The van der Waals surface area contributed by atoms with Crippen molar-refractivity contribution in [1.29, 1.82) is 0 Å². The Morgan fingerprint density at radius 3 is 2.15 bits per heavy atom. The van der Waals surface area contributed by atoms with Gasteiger partial charge in [-0.2, -0.15) is 0 Å². The highest BCUT2D eigenvalue weighted by atomic mass is 16.3. The molecule has 0 saturated heterocycles. The van der Waals surface area contributed by atoms with Gasteiger partial charge in [0, 0.05) is 6.42 Å². The molecule has 1 N–H and O–H groups in total. The van der Waals surface area contributed by atoms with E-state index in [1.165, 1.54) is 24.8 Å². The Bertz CT molecular complexity index is 546. The predicted molar refractivity (Wildman–Crippen MR) is 110 cm³/mol. The van der Waals surface area contributed by atoms with Gasteiger partial charge >= 0.3 is 0 Å². The van der Waals surface area contributed by atoms with Crippen molar-refractivity contribution in [3.05, 3.63) is 11.6 Å². The van der Waals surface area contributed by atoms with Gasteiger partial charge in [-0.25, -0.2) is 0 Å². The first-order valence-electron chi connectivity index (χ1n) is 11.2. The van der Waals surface area contributed by atoms with Crippen LogP contribution in [0.15, 0.2) is 11.6 Å². The van der Waals surface area contributed by atoms with Gasteiger partial charge in [0.1, 0.15) is 0 Å². The van der Waals surface area contributed by atoms with Crippen molar-refractivity contribution in [3.8, 4) is 0 Å². The van der Waals surface area contributed by atoms with Gasteiger partial charge in [0.25, 0.3) is 0 Å². The van der Waals surface area contributed by atoms with Gasteiger partial charge in [0.2, 0.25) is 0 Å². The second-order valence-electron chi connectivity index (χ2n) is 9.24. The third kappa shape index (κ3) is 3.11. The molecule has 0 aromatic rings. The van der Waals surface area contributed by atoms with Crippen LogP contribution < -0.4 is 0 Å². The average Bonchev–Trinajstić information content (AvgIpc) is 2.89. The second kappa shape index (κ2) is 7.78. The number of hydrogen-bond donors (Lipinski definition) is 1. The lowest BCUT2D eigenvalue weighted by atomic mass is 9.46. The summed E-state index contributed by atoms with van der Waals surface area (Å²) in [6, 6.07) is 0. The Balaban J connectivity index is 0.000000570. The molecule has 0 heterocycles. The molecule has 0 bridgehead atoms. The van der Waals surface area contributed by atoms with Crippen molar-refractivity contribution < 1.29 is 9.90 Å². The summed E-state index contributed by atoms with van der Waals surface area (Å²) in [5, 5.41) is 10.9. The quantitative estimate of drug-likeness (QED) is 0.547. The maximum Gasteiger partial charge on any atom is 0.155 e. The molecule has 4 aliphatic rings. The summed E-state index contributed by atoms with van der Waals surface area (Å²) in [5.74, 6) is 2.50. The highest BCUT2D eigenvalue weighted by Crippen LogP contribution is 2.67. The highest BCUT2D eigenvalue weighted by molar-refractivity contribution is 5.91. The van der Waals surface area contributed by atoms with E-state index in [9.17, 15) is 9.90 Å². The zero-order valence-electron chi connectivity index (χ0n) is 18.3. The largest absolute Gasteiger partial charge is 0.390 e. The van der Waals surface area contributed by atoms with Gasteiger partial charge < -0.3 is 5.11 Å². The molecule has 0 radical (unpaired) electrons. The van der Waals surface area contributed by atoms with Crippen molar-refractivity contribution >= 4 is 5.78 Å². The number of ketones is 1. The molecule has 3 saturated carbocycles. The average molecular weight is 363 g/mol. The molecular weight excluding hydrogens is 320 g/mol. The van der Waals surface area contributed by atoms with Crippen molar-refractivity contribution in [2.24, 2.45) is 28.6 Å². The summed E-state index contributed by atoms with van der Waals surface area (Å²) in [7, 11) is 0. The minimum atomic E-state index is -0.484. The third-order valence-corrected chi connectivity index (χ3v) is 8.52. The van der Waals surface area contributed by atoms with Crippen LogP contribution >= 0.6 is 0 Å². The van der Waals surface area contributed by atoms with Crippen molar-refractivity contribution in [3.63, 3.8) is 0 Å². The third-order valence-electron chi connectivity index (χ3n) is 8.52. The van der Waals surface area contributed by atoms with Gasteiger partial charge in [-0.05, 0) is 86.5 Å². The lowest BCUT2D eigenvalue weighted by molar-refractivity contribution is -0.124. The maximum absolute atomic E-state index is 11.8. The van der Waals surface area contributed by atoms with Crippen LogP contribution in [0.5, 0.6) is 0 Å². The van der Waals surface area contributed by atoms with Crippen LogP contribution in [0.3, 0.4) is 0 Å². The normalized spacial score (nSPS) is 46.4. The first-order valence-corrected chi connectivity index (χ1v) is 11.2. The SMILES string of the molecule is CC.CC.CC12CCC(=O)C=C1CCC1C2CCC2(C)C1CCC2(C)O. The summed E-state index contributed by atoms with van der Waals surface area (Å²) in [4.78, 5) is 11.8. The van der Waals surface area contributed by atoms with Crippen molar-refractivity contribution in [2.75, 3.05) is 0 Å². The van der Waals surface area contributed by atoms with Crippen molar-refractivity contribution in [1.82, 2.24) is 0 Å². The Hall–Kier alpha value is -0.630. The molecular formula is C24H42O2. The lowest BCUT2D eigenvalue weighted by Crippen LogP contribution is -2.53. The molecule has 150 valence electrons. The van der Waals surface area contributed by atoms with Crippen molar-refractivity contribution in [2.45, 2.75) is 105 Å². The maximum atomic E-state index is 11.8. The van der Waals surface area contributed by atoms with E-state index in [1.54, 1.807) is 0 Å². The summed E-state index contributed by atoms with van der Waals surface area (Å²) in [5.41, 5.74) is 1.32. The zero-order chi connectivity index (χ0) is 19.8. The van der Waals surface area contributed by atoms with E-state index in [-0.39, 0.29) is 10.8 Å². The molecule has 26 heavy (non-hydrogen) atoms. The van der Waals surface area contributed by atoms with E-state index in [2.05, 4.69) is 20.8 Å². The zero-order valence-corrected chi connectivity index (χ0v) is 18.3. The fourth-order valence-corrected chi connectivity index (χ4v) is 6.80. The van der Waals surface area contributed by atoms with Crippen LogP contribution in [0.2, 0.25) is 0 Å². The van der Waals surface area contributed by atoms with E-state index >= 15 is 0 Å². The molecule has 3 fully saturated rings. The summed E-state index contributed by atoms with van der Waals surface area (Å²) >= 11 is 0. The number of carbonyl (C=O) groups excluding carboxylic acids is 1. The number of allylic oxidation sites excluding steroid dienone is 1. The Labute approximate surface area is 161 Å². The fraction of sp³-hybridized carbons (Fsp3) is 0.875. The van der Waals surface area contributed by atoms with E-state index in [0.717, 1.165) is 43.9 Å². The second-order valence-corrected chi connectivity index (χ2v) is 9.24. The van der Waals surface area contributed by atoms with Gasteiger partial charge in [0.05, 0.1) is 5.60 Å². The molecule has 4 aliphatic carbocycles. The van der Waals surface area contributed by atoms with Crippen LogP contribution in [-0.2, 0) is 4.79 Å². The minimum absolute atomic E-state index is 0.107. The summed E-state index contributed by atoms with van der Waals surface area (Å²) in [6.07, 6.45) is 10.7. The van der Waals surface area contributed by atoms with Crippen LogP contribution in [0.1, 0.15) is 99.8 Å². The minimum Gasteiger partial charge on any atom is -0.390 e. The molecule has 0 aromatic heterocycles. The van der Waals surface area contributed by atoms with Crippen LogP contribution in [0, 0.1) is 28.6 Å². The fourth-order valence-electron chi connectivity index (χ4n) is 6.80. The molecule has 6 unspecified atom stereocenters. The van der Waals surface area contributed by atoms with Crippen LogP contribution in [0.4, 0.5) is 0 Å². The summed E-state index contributed by atoms with van der Waals surface area (Å²) < 4.78 is 0. The molecule has 0 spiro atoms. The van der Waals surface area contributed by atoms with E-state index in [1.807, 2.05) is 33.8 Å². The molecule has 6 atom stereocenters. The van der Waals surface area contributed by atoms with Gasteiger partial charge in [-0.15, -0.1) is 0 Å². The number of rotatable bonds is 0. The number of aliphatic hydroxyl groups is 1. The number of hydrogen-bond acceptors (Lipinski definition) is 2. The van der Waals surface area contributed by atoms with Crippen LogP contribution in [-0.4, -0.2) is 16.5 Å². The highest BCUT2D eigenvalue weighted by Gasteiger charge is 2.62. The Morgan fingerprint density at radius 2 is 1.50 bits per heavy atom. The van der Waals surface area contributed by atoms with Gasteiger partial charge in [0.15, 0.2) is 5.78 Å². The molecule has 0 aromatic carbocycles. The molecule has 2 nitrogen and oxygen atoms in total. The Kier molecular flexibility index (Phi) is 6.48. The van der Waals surface area contributed by atoms with Gasteiger partial charge in [-0.3, -0.25) is 4.79 Å². The first-order chi connectivity index (χ1) is 12.3. The molecule has 4 rings (SSSR count). The lowest BCUT2D eigenvalue weighted by Gasteiger charge is -2.58. The number of carbonyl (C=O) groups is 1. The van der Waals surface area contributed by atoms with E-state index in [4.69, 9.17) is 0 Å². The first kappa shape index (κ1) is 21.7.